The zero-order valence-corrected chi connectivity index (χ0v) is 18.6. The van der Waals surface area contributed by atoms with Gasteiger partial charge in [0.05, 0.1) is 0 Å². The molecule has 4 rings (SSSR count). The summed E-state index contributed by atoms with van der Waals surface area (Å²) in [5.41, 5.74) is 8.80. The van der Waals surface area contributed by atoms with Crippen molar-refractivity contribution >= 4 is 40.3 Å². The van der Waals surface area contributed by atoms with Crippen molar-refractivity contribution in [3.05, 3.63) is 104 Å². The summed E-state index contributed by atoms with van der Waals surface area (Å²) in [6.07, 6.45) is 2.78. The third-order valence-corrected chi connectivity index (χ3v) is 6.18. The third-order valence-electron chi connectivity index (χ3n) is 5.63. The highest BCUT2D eigenvalue weighted by Crippen LogP contribution is 2.42. The first-order valence-electron chi connectivity index (χ1n) is 10.1. The summed E-state index contributed by atoms with van der Waals surface area (Å²) in [4.78, 5) is 12.2. The van der Waals surface area contributed by atoms with Gasteiger partial charge >= 0.3 is 0 Å². The number of hydrogen-bond donors (Lipinski definition) is 1. The summed E-state index contributed by atoms with van der Waals surface area (Å²) in [7, 11) is 1.66. The van der Waals surface area contributed by atoms with E-state index in [1.54, 1.807) is 13.1 Å². The summed E-state index contributed by atoms with van der Waals surface area (Å²) >= 11 is 12.8. The minimum absolute atomic E-state index is 0.0659. The lowest BCUT2D eigenvalue weighted by Crippen LogP contribution is -2.18. The van der Waals surface area contributed by atoms with Gasteiger partial charge in [0, 0.05) is 22.7 Å². The van der Waals surface area contributed by atoms with Crippen molar-refractivity contribution in [1.82, 2.24) is 5.32 Å². The number of rotatable bonds is 3. The monoisotopic (exact) mass is 435 g/mol. The minimum Gasteiger partial charge on any atom is -0.355 e. The Labute approximate surface area is 187 Å². The predicted octanol–water partition coefficient (Wildman–Crippen LogP) is 6.96. The van der Waals surface area contributed by atoms with Crippen LogP contribution in [0.15, 0.2) is 60.7 Å². The number of nitrogens with one attached hydrogen (secondary N) is 1. The van der Waals surface area contributed by atoms with Crippen LogP contribution in [0.2, 0.25) is 10.0 Å². The van der Waals surface area contributed by atoms with E-state index in [0.717, 1.165) is 36.0 Å². The molecular formula is C26H23Cl2NO. The van der Waals surface area contributed by atoms with Gasteiger partial charge in [0.25, 0.3) is 5.91 Å². The Morgan fingerprint density at radius 3 is 2.33 bits per heavy atom. The number of carbonyl (C=O) groups is 1. The van der Waals surface area contributed by atoms with E-state index < -0.39 is 0 Å². The number of hydrogen-bond acceptors (Lipinski definition) is 1. The van der Waals surface area contributed by atoms with Gasteiger partial charge in [0.1, 0.15) is 0 Å². The van der Waals surface area contributed by atoms with Crippen LogP contribution >= 0.6 is 23.2 Å². The number of carbonyl (C=O) groups excluding carboxylic acids is 1. The first kappa shape index (κ1) is 20.7. The summed E-state index contributed by atoms with van der Waals surface area (Å²) < 4.78 is 0. The maximum absolute atomic E-state index is 12.2. The highest BCUT2D eigenvalue weighted by molar-refractivity contribution is 6.36. The van der Waals surface area contributed by atoms with Gasteiger partial charge in [0.15, 0.2) is 0 Å². The topological polar surface area (TPSA) is 29.1 Å². The van der Waals surface area contributed by atoms with Crippen molar-refractivity contribution in [3.8, 4) is 0 Å². The second-order valence-electron chi connectivity index (χ2n) is 7.65. The van der Waals surface area contributed by atoms with Gasteiger partial charge in [-0.3, -0.25) is 4.79 Å². The normalized spacial score (nSPS) is 13.6. The summed E-state index contributed by atoms with van der Waals surface area (Å²) in [5.74, 6) is -0.0659. The van der Waals surface area contributed by atoms with Gasteiger partial charge in [0.2, 0.25) is 0 Å². The van der Waals surface area contributed by atoms with Gasteiger partial charge in [-0.05, 0) is 83.9 Å². The fourth-order valence-corrected chi connectivity index (χ4v) is 4.65. The Bertz CT molecular complexity index is 1150. The van der Waals surface area contributed by atoms with Crippen molar-refractivity contribution in [3.63, 3.8) is 0 Å². The van der Waals surface area contributed by atoms with Gasteiger partial charge in [-0.25, -0.2) is 0 Å². The van der Waals surface area contributed by atoms with Crippen LogP contribution in [-0.2, 0) is 6.42 Å². The SMILES string of the molecule is CNC(=O)c1ccc2c(c1)CCCC(c1ccc(Cl)cc1Cl)=C2c1ccc(C)cc1. The van der Waals surface area contributed by atoms with E-state index in [1.165, 1.54) is 22.3 Å². The number of aryl methyl sites for hydroxylation is 2. The van der Waals surface area contributed by atoms with E-state index in [-0.39, 0.29) is 5.91 Å². The molecule has 3 aromatic carbocycles. The van der Waals surface area contributed by atoms with Crippen molar-refractivity contribution < 1.29 is 4.79 Å². The molecule has 0 spiro atoms. The second kappa shape index (κ2) is 8.67. The van der Waals surface area contributed by atoms with E-state index in [9.17, 15) is 4.79 Å². The van der Waals surface area contributed by atoms with Crippen LogP contribution in [-0.4, -0.2) is 13.0 Å². The Morgan fingerprint density at radius 1 is 0.900 bits per heavy atom. The summed E-state index contributed by atoms with van der Waals surface area (Å²) in [6.45, 7) is 2.09. The third kappa shape index (κ3) is 4.03. The molecule has 0 aliphatic heterocycles. The van der Waals surface area contributed by atoms with E-state index in [2.05, 4.69) is 42.6 Å². The van der Waals surface area contributed by atoms with Crippen LogP contribution in [0, 0.1) is 6.92 Å². The largest absolute Gasteiger partial charge is 0.355 e. The van der Waals surface area contributed by atoms with Gasteiger partial charge in [-0.2, -0.15) is 0 Å². The van der Waals surface area contributed by atoms with E-state index in [1.807, 2.05) is 24.3 Å². The molecule has 1 amide bonds. The molecule has 0 bridgehead atoms. The standard InChI is InChI=1S/C26H23Cl2NO/c1-16-6-8-17(9-7-16)25-21-12-10-19(26(30)29-2)14-18(21)4-3-5-23(25)22-13-11-20(27)15-24(22)28/h6-15H,3-5H2,1-2H3,(H,29,30). The Morgan fingerprint density at radius 2 is 1.63 bits per heavy atom. The first-order valence-corrected chi connectivity index (χ1v) is 10.8. The zero-order chi connectivity index (χ0) is 21.3. The molecule has 1 N–H and O–H groups in total. The Hall–Kier alpha value is -2.55. The first-order chi connectivity index (χ1) is 14.5. The molecule has 3 aromatic rings. The predicted molar refractivity (Wildman–Crippen MR) is 126 cm³/mol. The van der Waals surface area contributed by atoms with Crippen LogP contribution in [0.5, 0.6) is 0 Å². The van der Waals surface area contributed by atoms with E-state index >= 15 is 0 Å². The quantitative estimate of drug-likeness (QED) is 0.473. The molecular weight excluding hydrogens is 413 g/mol. The van der Waals surface area contributed by atoms with Crippen LogP contribution < -0.4 is 5.32 Å². The average Bonchev–Trinajstić information content (AvgIpc) is 2.93. The molecule has 0 saturated carbocycles. The summed E-state index contributed by atoms with van der Waals surface area (Å²) in [5, 5.41) is 4.01. The number of amides is 1. The van der Waals surface area contributed by atoms with Gasteiger partial charge in [-0.1, -0.05) is 65.2 Å². The Balaban J connectivity index is 1.99. The van der Waals surface area contributed by atoms with Crippen LogP contribution in [0.25, 0.3) is 11.1 Å². The summed E-state index contributed by atoms with van der Waals surface area (Å²) in [6, 6.07) is 20.3. The maximum atomic E-state index is 12.2. The molecule has 0 saturated heterocycles. The Kier molecular flexibility index (Phi) is 5.99. The number of halogens is 2. The van der Waals surface area contributed by atoms with Crippen molar-refractivity contribution in [1.29, 1.82) is 0 Å². The molecule has 4 heteroatoms. The molecule has 0 unspecified atom stereocenters. The van der Waals surface area contributed by atoms with Gasteiger partial charge < -0.3 is 5.32 Å². The molecule has 1 aliphatic rings. The van der Waals surface area contributed by atoms with Crippen LogP contribution in [0.3, 0.4) is 0 Å². The van der Waals surface area contributed by atoms with Crippen molar-refractivity contribution in [2.24, 2.45) is 0 Å². The highest BCUT2D eigenvalue weighted by Gasteiger charge is 2.22. The van der Waals surface area contributed by atoms with Crippen LogP contribution in [0.1, 0.15) is 51.0 Å². The molecule has 0 aromatic heterocycles. The van der Waals surface area contributed by atoms with E-state index in [0.29, 0.717) is 15.6 Å². The van der Waals surface area contributed by atoms with Crippen molar-refractivity contribution in [2.75, 3.05) is 7.05 Å². The number of benzene rings is 3. The fourth-order valence-electron chi connectivity index (χ4n) is 4.13. The lowest BCUT2D eigenvalue weighted by atomic mass is 9.87. The highest BCUT2D eigenvalue weighted by atomic mass is 35.5. The average molecular weight is 436 g/mol. The molecule has 2 nitrogen and oxygen atoms in total. The molecule has 152 valence electrons. The fraction of sp³-hybridized carbons (Fsp3) is 0.192. The molecule has 0 heterocycles. The smallest absolute Gasteiger partial charge is 0.251 e. The molecule has 30 heavy (non-hydrogen) atoms. The van der Waals surface area contributed by atoms with E-state index in [4.69, 9.17) is 23.2 Å². The second-order valence-corrected chi connectivity index (χ2v) is 8.49. The molecule has 0 fully saturated rings. The molecule has 0 radical (unpaired) electrons. The lowest BCUT2D eigenvalue weighted by molar-refractivity contribution is 0.0963. The molecule has 1 aliphatic carbocycles. The van der Waals surface area contributed by atoms with Gasteiger partial charge in [-0.15, -0.1) is 0 Å². The maximum Gasteiger partial charge on any atom is 0.251 e. The number of fused-ring (bicyclic) bond motifs is 1. The van der Waals surface area contributed by atoms with Crippen LogP contribution in [0.4, 0.5) is 0 Å². The van der Waals surface area contributed by atoms with Crippen molar-refractivity contribution in [2.45, 2.75) is 26.2 Å². The number of allylic oxidation sites excluding steroid dienone is 1. The molecule has 0 atom stereocenters. The lowest BCUT2D eigenvalue weighted by Gasteiger charge is -2.18. The zero-order valence-electron chi connectivity index (χ0n) is 17.1. The minimum atomic E-state index is -0.0659.